The molecule has 1 aliphatic rings. The second-order valence-corrected chi connectivity index (χ2v) is 16.6. The van der Waals surface area contributed by atoms with Crippen molar-refractivity contribution in [3.05, 3.63) is 211 Å². The molecule has 0 fully saturated rings. The molecule has 0 radical (unpaired) electrons. The van der Waals surface area contributed by atoms with E-state index in [9.17, 15) is 0 Å². The summed E-state index contributed by atoms with van der Waals surface area (Å²) >= 11 is 1.89. The predicted octanol–water partition coefficient (Wildman–Crippen LogP) is 16.2. The summed E-state index contributed by atoms with van der Waals surface area (Å²) in [5.74, 6) is 0. The van der Waals surface area contributed by atoms with E-state index >= 15 is 0 Å². The van der Waals surface area contributed by atoms with Gasteiger partial charge in [-0.2, -0.15) is 0 Å². The van der Waals surface area contributed by atoms with Gasteiger partial charge in [-0.25, -0.2) is 0 Å². The van der Waals surface area contributed by atoms with Crippen molar-refractivity contribution < 1.29 is 0 Å². The van der Waals surface area contributed by atoms with Gasteiger partial charge in [0.2, 0.25) is 0 Å². The van der Waals surface area contributed by atoms with Gasteiger partial charge in [0, 0.05) is 42.8 Å². The van der Waals surface area contributed by atoms with Crippen LogP contribution in [0.2, 0.25) is 0 Å². The third kappa shape index (κ3) is 6.18. The predicted molar refractivity (Wildman–Crippen MR) is 250 cm³/mol. The molecule has 11 rings (SSSR count). The van der Waals surface area contributed by atoms with Gasteiger partial charge in [0.25, 0.3) is 0 Å². The van der Waals surface area contributed by atoms with E-state index < -0.39 is 0 Å². The summed E-state index contributed by atoms with van der Waals surface area (Å²) in [6.45, 7) is 0. The molecule has 0 spiro atoms. The van der Waals surface area contributed by atoms with E-state index in [1.807, 2.05) is 11.3 Å². The minimum absolute atomic E-state index is 1.13. The second kappa shape index (κ2) is 14.6. The van der Waals surface area contributed by atoms with Crippen molar-refractivity contribution >= 4 is 59.3 Å². The van der Waals surface area contributed by atoms with Crippen LogP contribution in [0, 0.1) is 0 Å². The maximum atomic E-state index is 2.42. The number of nitrogens with zero attached hydrogens (tertiary/aromatic N) is 1. The molecule has 0 saturated heterocycles. The molecular formula is C56H41NS. The van der Waals surface area contributed by atoms with Crippen molar-refractivity contribution in [2.75, 3.05) is 4.90 Å². The zero-order chi connectivity index (χ0) is 38.4. The van der Waals surface area contributed by atoms with E-state index in [2.05, 4.69) is 205 Å². The molecule has 2 heteroatoms. The Kier molecular flexibility index (Phi) is 8.71. The Morgan fingerprint density at radius 1 is 0.362 bits per heavy atom. The van der Waals surface area contributed by atoms with Crippen molar-refractivity contribution in [2.24, 2.45) is 0 Å². The van der Waals surface area contributed by atoms with Crippen molar-refractivity contribution in [3.63, 3.8) is 0 Å². The number of benzene rings is 9. The second-order valence-electron chi connectivity index (χ2n) is 15.5. The summed E-state index contributed by atoms with van der Waals surface area (Å²) < 4.78 is 2.61. The van der Waals surface area contributed by atoms with Crippen LogP contribution in [0.15, 0.2) is 200 Å². The molecular weight excluding hydrogens is 719 g/mol. The fourth-order valence-electron chi connectivity index (χ4n) is 9.19. The third-order valence-corrected chi connectivity index (χ3v) is 13.3. The van der Waals surface area contributed by atoms with Crippen LogP contribution in [0.5, 0.6) is 0 Å². The largest absolute Gasteiger partial charge is 0.310 e. The summed E-state index contributed by atoms with van der Waals surface area (Å²) in [7, 11) is 0. The lowest BCUT2D eigenvalue weighted by atomic mass is 9.86. The summed E-state index contributed by atoms with van der Waals surface area (Å²) in [6.07, 6.45) is 4.91. The molecule has 58 heavy (non-hydrogen) atoms. The minimum atomic E-state index is 1.13. The molecule has 0 unspecified atom stereocenters. The fraction of sp³-hybridized carbons (Fsp3) is 0.0714. The van der Waals surface area contributed by atoms with E-state index in [-0.39, 0.29) is 0 Å². The molecule has 276 valence electrons. The van der Waals surface area contributed by atoms with Crippen molar-refractivity contribution in [2.45, 2.75) is 25.7 Å². The topological polar surface area (TPSA) is 3.24 Å². The Hall–Kier alpha value is -6.74. The summed E-state index contributed by atoms with van der Waals surface area (Å²) in [5.41, 5.74) is 16.6. The van der Waals surface area contributed by atoms with Crippen LogP contribution in [0.3, 0.4) is 0 Å². The van der Waals surface area contributed by atoms with Crippen LogP contribution in [-0.4, -0.2) is 0 Å². The molecule has 1 nitrogen and oxygen atoms in total. The Morgan fingerprint density at radius 2 is 0.983 bits per heavy atom. The van der Waals surface area contributed by atoms with Gasteiger partial charge in [-0.3, -0.25) is 0 Å². The van der Waals surface area contributed by atoms with E-state index in [1.165, 1.54) is 106 Å². The van der Waals surface area contributed by atoms with E-state index in [4.69, 9.17) is 0 Å². The van der Waals surface area contributed by atoms with Crippen LogP contribution >= 0.6 is 11.3 Å². The van der Waals surface area contributed by atoms with Gasteiger partial charge >= 0.3 is 0 Å². The smallest absolute Gasteiger partial charge is 0.0468 e. The molecule has 1 aliphatic carbocycles. The molecule has 0 bridgehead atoms. The minimum Gasteiger partial charge on any atom is -0.310 e. The van der Waals surface area contributed by atoms with Gasteiger partial charge in [-0.05, 0) is 135 Å². The molecule has 0 amide bonds. The van der Waals surface area contributed by atoms with Crippen LogP contribution < -0.4 is 4.90 Å². The lowest BCUT2D eigenvalue weighted by molar-refractivity contribution is 0.687. The molecule has 0 aliphatic heterocycles. The first-order valence-electron chi connectivity index (χ1n) is 20.5. The normalized spacial score (nSPS) is 12.6. The van der Waals surface area contributed by atoms with E-state index in [0.29, 0.717) is 0 Å². The number of rotatable bonds is 7. The van der Waals surface area contributed by atoms with Gasteiger partial charge in [0.1, 0.15) is 0 Å². The van der Waals surface area contributed by atoms with Crippen LogP contribution in [0.1, 0.15) is 24.0 Å². The van der Waals surface area contributed by atoms with Crippen molar-refractivity contribution in [3.8, 4) is 44.5 Å². The Morgan fingerprint density at radius 3 is 1.81 bits per heavy atom. The summed E-state index contributed by atoms with van der Waals surface area (Å²) in [5, 5.41) is 5.09. The van der Waals surface area contributed by atoms with Crippen LogP contribution in [-0.2, 0) is 12.8 Å². The molecule has 10 aromatic rings. The third-order valence-electron chi connectivity index (χ3n) is 12.1. The van der Waals surface area contributed by atoms with Gasteiger partial charge in [0.15, 0.2) is 0 Å². The molecule has 0 atom stereocenters. The highest BCUT2D eigenvalue weighted by atomic mass is 32.1. The Labute approximate surface area is 344 Å². The maximum absolute atomic E-state index is 2.42. The maximum Gasteiger partial charge on any atom is 0.0468 e. The number of hydrogen-bond donors (Lipinski definition) is 0. The van der Waals surface area contributed by atoms with Gasteiger partial charge in [-0.1, -0.05) is 152 Å². The highest BCUT2D eigenvalue weighted by Gasteiger charge is 2.19. The van der Waals surface area contributed by atoms with Crippen molar-refractivity contribution in [1.82, 2.24) is 0 Å². The highest BCUT2D eigenvalue weighted by Crippen LogP contribution is 2.46. The molecule has 1 heterocycles. The number of anilines is 3. The average Bonchev–Trinajstić information content (AvgIpc) is 3.68. The zero-order valence-electron chi connectivity index (χ0n) is 32.2. The van der Waals surface area contributed by atoms with Crippen LogP contribution in [0.25, 0.3) is 75.5 Å². The quantitative estimate of drug-likeness (QED) is 0.156. The van der Waals surface area contributed by atoms with E-state index in [1.54, 1.807) is 0 Å². The number of fused-ring (bicyclic) bond motifs is 5. The summed E-state index contributed by atoms with van der Waals surface area (Å²) in [6, 6.07) is 74.0. The Bertz CT molecular complexity index is 3100. The fourth-order valence-corrected chi connectivity index (χ4v) is 10.4. The SMILES string of the molecule is c1ccc(-c2ccccc2-c2cccc3c2sc2ccc(N(c4ccc(-c5ccc6ccccc6c5)cc4)c4ccc(-c5cccc6c5CCCC6)cc4)cc23)cc1. The average molecular weight is 760 g/mol. The highest BCUT2D eigenvalue weighted by molar-refractivity contribution is 7.26. The first-order chi connectivity index (χ1) is 28.7. The standard InChI is InChI=1S/C56H41NS/c1-2-13-40(14-3-1)50-19-8-9-20-51(50)52-22-11-23-53-54-37-47(34-35-55(54)58-56(52)53)57(45-30-26-39(27-31-45)44-25-24-38-12-4-5-16-43(38)36-44)46-32-28-42(29-33-46)49-21-10-17-41-15-6-7-18-48(41)49/h1-5,8-14,16-17,19-37H,6-7,15,18H2. The lowest BCUT2D eigenvalue weighted by Crippen LogP contribution is -2.10. The monoisotopic (exact) mass is 759 g/mol. The number of thiophene rings is 1. The van der Waals surface area contributed by atoms with Crippen molar-refractivity contribution in [1.29, 1.82) is 0 Å². The molecule has 9 aromatic carbocycles. The van der Waals surface area contributed by atoms with Crippen LogP contribution in [0.4, 0.5) is 17.1 Å². The Balaban J connectivity index is 1.03. The van der Waals surface area contributed by atoms with Gasteiger partial charge < -0.3 is 4.90 Å². The summed E-state index contributed by atoms with van der Waals surface area (Å²) in [4.78, 5) is 2.42. The first kappa shape index (κ1) is 34.5. The molecule has 1 aromatic heterocycles. The lowest BCUT2D eigenvalue weighted by Gasteiger charge is -2.26. The first-order valence-corrected chi connectivity index (χ1v) is 21.3. The molecule has 0 saturated carbocycles. The zero-order valence-corrected chi connectivity index (χ0v) is 33.1. The number of aryl methyl sites for hydroxylation is 1. The van der Waals surface area contributed by atoms with Gasteiger partial charge in [0.05, 0.1) is 0 Å². The van der Waals surface area contributed by atoms with Gasteiger partial charge in [-0.15, -0.1) is 11.3 Å². The van der Waals surface area contributed by atoms with E-state index in [0.717, 1.165) is 23.5 Å². The number of hydrogen-bond acceptors (Lipinski definition) is 2. The molecule has 0 N–H and O–H groups in total.